The second-order valence-electron chi connectivity index (χ2n) is 10.6. The number of piperazine rings is 1. The minimum absolute atomic E-state index is 0.0673. The van der Waals surface area contributed by atoms with Gasteiger partial charge in [0.2, 0.25) is 5.91 Å². The lowest BCUT2D eigenvalue weighted by atomic mass is 9.96. The largest absolute Gasteiger partial charge is 0.454 e. The Labute approximate surface area is 243 Å². The summed E-state index contributed by atoms with van der Waals surface area (Å²) >= 11 is 0. The van der Waals surface area contributed by atoms with Gasteiger partial charge in [0.05, 0.1) is 19.1 Å². The van der Waals surface area contributed by atoms with Crippen molar-refractivity contribution in [2.24, 2.45) is 0 Å². The molecule has 41 heavy (non-hydrogen) atoms. The highest BCUT2D eigenvalue weighted by Gasteiger charge is 2.29. The number of rotatable bonds is 11. The van der Waals surface area contributed by atoms with Crippen LogP contribution in [-0.2, 0) is 17.9 Å². The highest BCUT2D eigenvalue weighted by Crippen LogP contribution is 2.29. The van der Waals surface area contributed by atoms with Crippen molar-refractivity contribution in [1.82, 2.24) is 19.3 Å². The molecule has 2 aromatic heterocycles. The predicted molar refractivity (Wildman–Crippen MR) is 160 cm³/mol. The molecule has 1 saturated heterocycles. The van der Waals surface area contributed by atoms with Gasteiger partial charge in [0.1, 0.15) is 5.76 Å². The quantitative estimate of drug-likeness (QED) is 0.235. The van der Waals surface area contributed by atoms with Crippen LogP contribution in [-0.4, -0.2) is 63.8 Å². The Bertz CT molecular complexity index is 1360. The van der Waals surface area contributed by atoms with Gasteiger partial charge in [0.25, 0.3) is 5.91 Å². The number of benzene rings is 2. The van der Waals surface area contributed by atoms with Crippen LogP contribution in [0.1, 0.15) is 65.9 Å². The molecule has 0 atom stereocenters. The third-order valence-corrected chi connectivity index (χ3v) is 7.82. The first kappa shape index (κ1) is 28.4. The van der Waals surface area contributed by atoms with E-state index in [1.54, 1.807) is 6.07 Å². The normalized spacial score (nSPS) is 14.0. The highest BCUT2D eigenvalue weighted by molar-refractivity contribution is 5.91. The number of hydrogen-bond acceptors (Lipinski definition) is 4. The van der Waals surface area contributed by atoms with Crippen molar-refractivity contribution in [2.45, 2.75) is 45.8 Å². The van der Waals surface area contributed by atoms with Gasteiger partial charge in [0, 0.05) is 51.0 Å². The number of nitrogens with zero attached hydrogens (tertiary/aromatic N) is 4. The molecule has 0 N–H and O–H groups in total. The second-order valence-corrected chi connectivity index (χ2v) is 10.6. The highest BCUT2D eigenvalue weighted by atomic mass is 16.4. The molecule has 0 radical (unpaired) electrons. The molecule has 3 heterocycles. The summed E-state index contributed by atoms with van der Waals surface area (Å²) in [5.74, 6) is 1.19. The summed E-state index contributed by atoms with van der Waals surface area (Å²) in [5, 5.41) is 0. The van der Waals surface area contributed by atoms with Crippen molar-refractivity contribution in [1.29, 1.82) is 0 Å². The van der Waals surface area contributed by atoms with Crippen molar-refractivity contribution >= 4 is 11.8 Å². The van der Waals surface area contributed by atoms with Crippen molar-refractivity contribution < 1.29 is 14.0 Å². The lowest BCUT2D eigenvalue weighted by Crippen LogP contribution is -2.49. The van der Waals surface area contributed by atoms with E-state index in [4.69, 9.17) is 4.42 Å². The number of carbonyl (C=O) groups is 2. The maximum absolute atomic E-state index is 13.4. The van der Waals surface area contributed by atoms with E-state index in [1.165, 1.54) is 11.1 Å². The Hall–Kier alpha value is -4.10. The van der Waals surface area contributed by atoms with Gasteiger partial charge in [-0.3, -0.25) is 14.5 Å². The first-order valence-corrected chi connectivity index (χ1v) is 14.7. The molecular weight excluding hydrogens is 512 g/mol. The zero-order valence-electron chi connectivity index (χ0n) is 24.1. The van der Waals surface area contributed by atoms with Gasteiger partial charge in [-0.25, -0.2) is 0 Å². The van der Waals surface area contributed by atoms with E-state index in [9.17, 15) is 9.59 Å². The summed E-state index contributed by atoms with van der Waals surface area (Å²) in [5.41, 5.74) is 3.57. The van der Waals surface area contributed by atoms with Crippen LogP contribution in [0.5, 0.6) is 0 Å². The van der Waals surface area contributed by atoms with Crippen LogP contribution in [0.15, 0.2) is 95.5 Å². The van der Waals surface area contributed by atoms with Crippen LogP contribution in [0.2, 0.25) is 0 Å². The first-order chi connectivity index (χ1) is 20.1. The lowest BCUT2D eigenvalue weighted by molar-refractivity contribution is -0.131. The van der Waals surface area contributed by atoms with Crippen LogP contribution in [0.25, 0.3) is 0 Å². The number of amides is 2. The Kier molecular flexibility index (Phi) is 9.36. The predicted octanol–water partition coefficient (Wildman–Crippen LogP) is 5.83. The van der Waals surface area contributed by atoms with E-state index in [0.717, 1.165) is 37.5 Å². The van der Waals surface area contributed by atoms with Gasteiger partial charge in [-0.05, 0) is 41.8 Å². The maximum Gasteiger partial charge on any atom is 0.289 e. The first-order valence-electron chi connectivity index (χ1n) is 14.7. The van der Waals surface area contributed by atoms with E-state index in [2.05, 4.69) is 64.9 Å². The van der Waals surface area contributed by atoms with Crippen molar-refractivity contribution in [3.05, 3.63) is 119 Å². The summed E-state index contributed by atoms with van der Waals surface area (Å²) < 4.78 is 8.14. The molecule has 1 fully saturated rings. The maximum atomic E-state index is 13.4. The van der Waals surface area contributed by atoms with E-state index in [1.807, 2.05) is 53.3 Å². The van der Waals surface area contributed by atoms with Crippen LogP contribution in [0, 0.1) is 0 Å². The Morgan fingerprint density at radius 2 is 1.49 bits per heavy atom. The van der Waals surface area contributed by atoms with E-state index >= 15 is 0 Å². The van der Waals surface area contributed by atoms with Crippen molar-refractivity contribution in [3.63, 3.8) is 0 Å². The van der Waals surface area contributed by atoms with Crippen molar-refractivity contribution in [3.8, 4) is 0 Å². The smallest absolute Gasteiger partial charge is 0.289 e. The molecule has 5 rings (SSSR count). The molecule has 4 aromatic rings. The Balaban J connectivity index is 1.22. The fourth-order valence-corrected chi connectivity index (χ4v) is 5.70. The van der Waals surface area contributed by atoms with Gasteiger partial charge < -0.3 is 18.8 Å². The number of aromatic nitrogens is 1. The summed E-state index contributed by atoms with van der Waals surface area (Å²) in [4.78, 5) is 32.0. The number of carbonyl (C=O) groups excluding carboxylic acids is 2. The summed E-state index contributed by atoms with van der Waals surface area (Å²) in [6.07, 6.45) is 3.41. The van der Waals surface area contributed by atoms with Gasteiger partial charge in [0.15, 0.2) is 5.76 Å². The standard InChI is InChI=1S/C34H40N4O3/c1-3-19-38(32(39)4-2)25-29-16-11-20-37(29)26-30-17-18-31(41-30)34(40)36-23-21-35(22-24-36)33(27-12-7-5-8-13-27)28-14-9-6-10-15-28/h5-18,20,33H,3-4,19,21-26H2,1-2H3. The third kappa shape index (κ3) is 6.80. The topological polar surface area (TPSA) is 61.9 Å². The third-order valence-electron chi connectivity index (χ3n) is 7.82. The Morgan fingerprint density at radius 1 is 0.829 bits per heavy atom. The van der Waals surface area contributed by atoms with Crippen LogP contribution >= 0.6 is 0 Å². The average molecular weight is 553 g/mol. The minimum Gasteiger partial charge on any atom is -0.454 e. The summed E-state index contributed by atoms with van der Waals surface area (Å²) in [6, 6.07) is 29.0. The Morgan fingerprint density at radius 3 is 2.10 bits per heavy atom. The van der Waals surface area contributed by atoms with Gasteiger partial charge in [-0.15, -0.1) is 0 Å². The van der Waals surface area contributed by atoms with Gasteiger partial charge in [-0.1, -0.05) is 74.5 Å². The molecule has 0 saturated carbocycles. The number of furan rings is 1. The zero-order valence-corrected chi connectivity index (χ0v) is 24.1. The van der Waals surface area contributed by atoms with E-state index in [-0.39, 0.29) is 17.9 Å². The monoisotopic (exact) mass is 552 g/mol. The molecule has 7 heteroatoms. The molecular formula is C34H40N4O3. The summed E-state index contributed by atoms with van der Waals surface area (Å²) in [6.45, 7) is 8.66. The second kappa shape index (κ2) is 13.5. The SMILES string of the molecule is CCCN(Cc1cccn1Cc1ccc(C(=O)N2CCN(C(c3ccccc3)c3ccccc3)CC2)o1)C(=O)CC. The molecule has 2 aromatic carbocycles. The molecule has 1 aliphatic rings. The fourth-order valence-electron chi connectivity index (χ4n) is 5.70. The molecule has 0 bridgehead atoms. The van der Waals surface area contributed by atoms with Crippen molar-refractivity contribution in [2.75, 3.05) is 32.7 Å². The molecule has 214 valence electrons. The summed E-state index contributed by atoms with van der Waals surface area (Å²) in [7, 11) is 0. The zero-order chi connectivity index (χ0) is 28.6. The molecule has 0 unspecified atom stereocenters. The molecule has 7 nitrogen and oxygen atoms in total. The van der Waals surface area contributed by atoms with E-state index < -0.39 is 0 Å². The van der Waals surface area contributed by atoms with Gasteiger partial charge in [-0.2, -0.15) is 0 Å². The van der Waals surface area contributed by atoms with Gasteiger partial charge >= 0.3 is 0 Å². The molecule has 0 spiro atoms. The molecule has 1 aliphatic heterocycles. The average Bonchev–Trinajstić information content (AvgIpc) is 3.67. The lowest BCUT2D eigenvalue weighted by Gasteiger charge is -2.39. The van der Waals surface area contributed by atoms with E-state index in [0.29, 0.717) is 38.4 Å². The molecule has 2 amide bonds. The van der Waals surface area contributed by atoms with Crippen LogP contribution in [0.3, 0.4) is 0 Å². The molecule has 0 aliphatic carbocycles. The fraction of sp³-hybridized carbons (Fsp3) is 0.353. The minimum atomic E-state index is -0.0673. The number of hydrogen-bond donors (Lipinski definition) is 0. The van der Waals surface area contributed by atoms with Crippen LogP contribution in [0.4, 0.5) is 0 Å². The van der Waals surface area contributed by atoms with Crippen LogP contribution < -0.4 is 0 Å².